The molecule has 0 radical (unpaired) electrons. The van der Waals surface area contributed by atoms with Gasteiger partial charge in [-0.15, -0.1) is 0 Å². The Morgan fingerprint density at radius 1 is 1.00 bits per heavy atom. The van der Waals surface area contributed by atoms with Crippen LogP contribution in [-0.4, -0.2) is 31.0 Å². The van der Waals surface area contributed by atoms with E-state index in [9.17, 15) is 14.4 Å². The molecule has 0 unspecified atom stereocenters. The first-order valence-corrected chi connectivity index (χ1v) is 8.11. The van der Waals surface area contributed by atoms with Crippen LogP contribution in [0, 0.1) is 0 Å². The largest absolute Gasteiger partial charge is 0.480 e. The fourth-order valence-corrected chi connectivity index (χ4v) is 2.15. The summed E-state index contributed by atoms with van der Waals surface area (Å²) < 4.78 is 5.57. The molecule has 0 aliphatic heterocycles. The molecule has 4 amide bonds. The lowest BCUT2D eigenvalue weighted by molar-refractivity contribution is -0.126. The summed E-state index contributed by atoms with van der Waals surface area (Å²) in [6.07, 6.45) is -0.949. The van der Waals surface area contributed by atoms with Gasteiger partial charge in [0, 0.05) is 13.6 Å². The Labute approximate surface area is 151 Å². The van der Waals surface area contributed by atoms with Crippen LogP contribution < -0.4 is 20.7 Å². The number of carbonyl (C=O) groups excluding carboxylic acids is 3. The van der Waals surface area contributed by atoms with Crippen molar-refractivity contribution in [2.75, 3.05) is 7.05 Å². The third kappa shape index (κ3) is 5.34. The number of hydrogen-bond acceptors (Lipinski definition) is 4. The molecule has 1 atom stereocenters. The summed E-state index contributed by atoms with van der Waals surface area (Å²) >= 11 is 0. The third-order valence-electron chi connectivity index (χ3n) is 3.56. The van der Waals surface area contributed by atoms with Crippen LogP contribution >= 0.6 is 0 Å². The second-order valence-electron chi connectivity index (χ2n) is 5.49. The Kier molecular flexibility index (Phi) is 6.73. The van der Waals surface area contributed by atoms with Gasteiger partial charge in [0.25, 0.3) is 11.8 Å². The maximum atomic E-state index is 12.5. The number of imide groups is 1. The van der Waals surface area contributed by atoms with Crippen LogP contribution in [0.25, 0.3) is 0 Å². The predicted molar refractivity (Wildman–Crippen MR) is 96.7 cm³/mol. The summed E-state index contributed by atoms with van der Waals surface area (Å²) in [5, 5.41) is 7.23. The minimum absolute atomic E-state index is 0.262. The van der Waals surface area contributed by atoms with Crippen LogP contribution in [0.5, 0.6) is 5.75 Å². The zero-order valence-corrected chi connectivity index (χ0v) is 14.6. The molecule has 0 fully saturated rings. The van der Waals surface area contributed by atoms with Crippen LogP contribution in [0.2, 0.25) is 0 Å². The molecule has 26 heavy (non-hydrogen) atoms. The van der Waals surface area contributed by atoms with Crippen LogP contribution in [0.1, 0.15) is 22.8 Å². The smallest absolute Gasteiger partial charge is 0.321 e. The van der Waals surface area contributed by atoms with E-state index < -0.39 is 18.0 Å². The Morgan fingerprint density at radius 2 is 1.65 bits per heavy atom. The van der Waals surface area contributed by atoms with E-state index in [1.807, 2.05) is 30.3 Å². The van der Waals surface area contributed by atoms with Gasteiger partial charge < -0.3 is 15.4 Å². The summed E-state index contributed by atoms with van der Waals surface area (Å²) in [5.74, 6) is -0.662. The van der Waals surface area contributed by atoms with Crippen molar-refractivity contribution >= 4 is 17.8 Å². The monoisotopic (exact) mass is 355 g/mol. The van der Waals surface area contributed by atoms with Gasteiger partial charge in [-0.3, -0.25) is 14.9 Å². The predicted octanol–water partition coefficient (Wildman–Crippen LogP) is 1.84. The van der Waals surface area contributed by atoms with Gasteiger partial charge in [0.1, 0.15) is 5.75 Å². The Hall–Kier alpha value is -3.35. The Morgan fingerprint density at radius 3 is 2.35 bits per heavy atom. The van der Waals surface area contributed by atoms with Crippen molar-refractivity contribution in [2.24, 2.45) is 0 Å². The fraction of sp³-hybridized carbons (Fsp3) is 0.211. The molecule has 2 aromatic carbocycles. The molecular weight excluding hydrogens is 334 g/mol. The first kappa shape index (κ1) is 19.0. The van der Waals surface area contributed by atoms with Crippen molar-refractivity contribution in [3.05, 3.63) is 65.7 Å². The van der Waals surface area contributed by atoms with E-state index >= 15 is 0 Å². The highest BCUT2D eigenvalue weighted by Crippen LogP contribution is 2.19. The highest BCUT2D eigenvalue weighted by Gasteiger charge is 2.20. The van der Waals surface area contributed by atoms with Crippen LogP contribution in [-0.2, 0) is 11.3 Å². The summed E-state index contributed by atoms with van der Waals surface area (Å²) in [4.78, 5) is 35.6. The SMILES string of the molecule is CNC(=O)NC(=O)[C@H](C)Oc1ccccc1C(=O)NCc1ccccc1. The van der Waals surface area contributed by atoms with Crippen molar-refractivity contribution in [1.29, 1.82) is 0 Å². The molecule has 2 rings (SSSR count). The fourth-order valence-electron chi connectivity index (χ4n) is 2.15. The lowest BCUT2D eigenvalue weighted by atomic mass is 10.1. The van der Waals surface area contributed by atoms with Crippen LogP contribution in [0.15, 0.2) is 54.6 Å². The highest BCUT2D eigenvalue weighted by atomic mass is 16.5. The number of carbonyl (C=O) groups is 3. The van der Waals surface area contributed by atoms with E-state index in [4.69, 9.17) is 4.74 Å². The number of urea groups is 1. The molecule has 2 aromatic rings. The molecule has 7 heteroatoms. The quantitative estimate of drug-likeness (QED) is 0.737. The molecule has 0 aliphatic rings. The molecule has 136 valence electrons. The third-order valence-corrected chi connectivity index (χ3v) is 3.56. The molecule has 7 nitrogen and oxygen atoms in total. The van der Waals surface area contributed by atoms with Crippen LogP contribution in [0.3, 0.4) is 0 Å². The van der Waals surface area contributed by atoms with Gasteiger partial charge in [0.05, 0.1) is 5.56 Å². The minimum Gasteiger partial charge on any atom is -0.480 e. The average molecular weight is 355 g/mol. The maximum Gasteiger partial charge on any atom is 0.321 e. The molecule has 0 spiro atoms. The van der Waals surface area contributed by atoms with Crippen molar-refractivity contribution in [1.82, 2.24) is 16.0 Å². The second kappa shape index (κ2) is 9.22. The molecule has 3 N–H and O–H groups in total. The number of amides is 4. The van der Waals surface area contributed by atoms with E-state index in [0.29, 0.717) is 12.1 Å². The lowest BCUT2D eigenvalue weighted by Gasteiger charge is -2.16. The summed E-state index contributed by atoms with van der Waals surface area (Å²) in [6.45, 7) is 1.87. The number of nitrogens with one attached hydrogen (secondary N) is 3. The number of hydrogen-bond donors (Lipinski definition) is 3. The van der Waals surface area contributed by atoms with Crippen molar-refractivity contribution in [2.45, 2.75) is 19.6 Å². The van der Waals surface area contributed by atoms with Crippen molar-refractivity contribution in [3.63, 3.8) is 0 Å². The molecule has 0 aliphatic carbocycles. The normalized spacial score (nSPS) is 11.2. The zero-order chi connectivity index (χ0) is 18.9. The van der Waals surface area contributed by atoms with Gasteiger partial charge in [-0.1, -0.05) is 42.5 Å². The number of benzene rings is 2. The van der Waals surface area contributed by atoms with E-state index in [0.717, 1.165) is 5.56 Å². The second-order valence-corrected chi connectivity index (χ2v) is 5.49. The van der Waals surface area contributed by atoms with Gasteiger partial charge in [-0.25, -0.2) is 4.79 Å². The maximum absolute atomic E-state index is 12.5. The first-order chi connectivity index (χ1) is 12.5. The molecule has 0 bridgehead atoms. The standard InChI is InChI=1S/C19H21N3O4/c1-13(17(23)22-19(25)20-2)26-16-11-7-6-10-15(16)18(24)21-12-14-8-4-3-5-9-14/h3-11,13H,12H2,1-2H3,(H,21,24)(H2,20,22,23,25)/t13-/m0/s1. The van der Waals surface area contributed by atoms with E-state index in [-0.39, 0.29) is 11.7 Å². The van der Waals surface area contributed by atoms with Crippen molar-refractivity contribution < 1.29 is 19.1 Å². The molecule has 0 saturated carbocycles. The van der Waals surface area contributed by atoms with Crippen LogP contribution in [0.4, 0.5) is 4.79 Å². The topological polar surface area (TPSA) is 96.5 Å². The van der Waals surface area contributed by atoms with Crippen molar-refractivity contribution in [3.8, 4) is 5.75 Å². The van der Waals surface area contributed by atoms with E-state index in [1.54, 1.807) is 24.3 Å². The Bertz CT molecular complexity index is 777. The first-order valence-electron chi connectivity index (χ1n) is 8.11. The zero-order valence-electron chi connectivity index (χ0n) is 14.6. The highest BCUT2D eigenvalue weighted by molar-refractivity contribution is 5.98. The molecular formula is C19H21N3O4. The summed E-state index contributed by atoms with van der Waals surface area (Å²) in [6, 6.07) is 15.5. The Balaban J connectivity index is 2.03. The average Bonchev–Trinajstić information content (AvgIpc) is 2.67. The summed E-state index contributed by atoms with van der Waals surface area (Å²) in [7, 11) is 1.40. The minimum atomic E-state index is -0.949. The van der Waals surface area contributed by atoms with Gasteiger partial charge in [-0.2, -0.15) is 0 Å². The molecule has 0 aromatic heterocycles. The lowest BCUT2D eigenvalue weighted by Crippen LogP contribution is -2.44. The molecule has 0 heterocycles. The van der Waals surface area contributed by atoms with E-state index in [1.165, 1.54) is 14.0 Å². The number of para-hydroxylation sites is 1. The van der Waals surface area contributed by atoms with Gasteiger partial charge in [-0.05, 0) is 24.6 Å². The number of rotatable bonds is 6. The van der Waals surface area contributed by atoms with Gasteiger partial charge in [0.15, 0.2) is 6.10 Å². The summed E-state index contributed by atoms with van der Waals surface area (Å²) in [5.41, 5.74) is 1.28. The van der Waals surface area contributed by atoms with E-state index in [2.05, 4.69) is 16.0 Å². The molecule has 0 saturated heterocycles. The number of ether oxygens (including phenoxy) is 1. The van der Waals surface area contributed by atoms with Gasteiger partial charge >= 0.3 is 6.03 Å². The van der Waals surface area contributed by atoms with Gasteiger partial charge in [0.2, 0.25) is 0 Å².